The van der Waals surface area contributed by atoms with Crippen LogP contribution in [0.15, 0.2) is 18.2 Å². The third-order valence-electron chi connectivity index (χ3n) is 2.81. The summed E-state index contributed by atoms with van der Waals surface area (Å²) in [6.45, 7) is 1.93. The van der Waals surface area contributed by atoms with Gasteiger partial charge in [0, 0.05) is 0 Å². The van der Waals surface area contributed by atoms with Gasteiger partial charge in [-0.3, -0.25) is 0 Å². The van der Waals surface area contributed by atoms with E-state index in [9.17, 15) is 5.11 Å². The molecule has 2 rings (SSSR count). The molecular weight excluding hydrogens is 148 g/mol. The highest BCUT2D eigenvalue weighted by molar-refractivity contribution is 5.37. The third kappa shape index (κ3) is 1.20. The molecular formula is C11H14O. The lowest BCUT2D eigenvalue weighted by molar-refractivity contribution is 0.415. The number of hydrogen-bond acceptors (Lipinski definition) is 1. The Morgan fingerprint density at radius 3 is 2.58 bits per heavy atom. The smallest absolute Gasteiger partial charge is 0.118 e. The SMILES string of the molecule is Cc1ccc(C2CCC2)cc1O. The van der Waals surface area contributed by atoms with Gasteiger partial charge in [0.1, 0.15) is 5.75 Å². The van der Waals surface area contributed by atoms with Crippen LogP contribution in [0.1, 0.15) is 36.3 Å². The number of phenols is 1. The number of aromatic hydroxyl groups is 1. The highest BCUT2D eigenvalue weighted by Gasteiger charge is 2.19. The highest BCUT2D eigenvalue weighted by Crippen LogP contribution is 2.37. The Morgan fingerprint density at radius 2 is 2.08 bits per heavy atom. The van der Waals surface area contributed by atoms with Crippen molar-refractivity contribution in [3.63, 3.8) is 0 Å². The van der Waals surface area contributed by atoms with Crippen molar-refractivity contribution in [3.05, 3.63) is 29.3 Å². The molecule has 0 aliphatic heterocycles. The van der Waals surface area contributed by atoms with Gasteiger partial charge >= 0.3 is 0 Å². The van der Waals surface area contributed by atoms with E-state index in [-0.39, 0.29) is 0 Å². The first-order valence-corrected chi connectivity index (χ1v) is 4.57. The molecule has 1 saturated carbocycles. The zero-order valence-electron chi connectivity index (χ0n) is 7.38. The minimum Gasteiger partial charge on any atom is -0.508 e. The lowest BCUT2D eigenvalue weighted by atomic mass is 9.80. The van der Waals surface area contributed by atoms with Crippen LogP contribution in [-0.4, -0.2) is 5.11 Å². The van der Waals surface area contributed by atoms with E-state index in [1.54, 1.807) is 0 Å². The van der Waals surface area contributed by atoms with E-state index in [0.717, 1.165) is 11.5 Å². The van der Waals surface area contributed by atoms with Crippen molar-refractivity contribution < 1.29 is 5.11 Å². The van der Waals surface area contributed by atoms with Gasteiger partial charge < -0.3 is 5.11 Å². The summed E-state index contributed by atoms with van der Waals surface area (Å²) in [5.41, 5.74) is 2.28. The number of aryl methyl sites for hydroxylation is 1. The van der Waals surface area contributed by atoms with Crippen LogP contribution >= 0.6 is 0 Å². The monoisotopic (exact) mass is 162 g/mol. The van der Waals surface area contributed by atoms with Crippen molar-refractivity contribution >= 4 is 0 Å². The molecule has 0 bridgehead atoms. The van der Waals surface area contributed by atoms with Gasteiger partial charge in [-0.2, -0.15) is 0 Å². The molecule has 1 N–H and O–H groups in total. The van der Waals surface area contributed by atoms with Gasteiger partial charge in [0.15, 0.2) is 0 Å². The summed E-state index contributed by atoms with van der Waals surface area (Å²) in [4.78, 5) is 0. The molecule has 1 aromatic carbocycles. The van der Waals surface area contributed by atoms with Crippen molar-refractivity contribution in [1.29, 1.82) is 0 Å². The normalized spacial score (nSPS) is 17.4. The second-order valence-corrected chi connectivity index (χ2v) is 3.67. The second-order valence-electron chi connectivity index (χ2n) is 3.67. The fraction of sp³-hybridized carbons (Fsp3) is 0.455. The highest BCUT2D eigenvalue weighted by atomic mass is 16.3. The van der Waals surface area contributed by atoms with Crippen molar-refractivity contribution in [3.8, 4) is 5.75 Å². The van der Waals surface area contributed by atoms with Crippen LogP contribution in [0.25, 0.3) is 0 Å². The van der Waals surface area contributed by atoms with E-state index in [2.05, 4.69) is 6.07 Å². The minimum atomic E-state index is 0.444. The number of phenolic OH excluding ortho intramolecular Hbond substituents is 1. The van der Waals surface area contributed by atoms with E-state index in [0.29, 0.717) is 5.75 Å². The summed E-state index contributed by atoms with van der Waals surface area (Å²) < 4.78 is 0. The summed E-state index contributed by atoms with van der Waals surface area (Å²) in [6.07, 6.45) is 3.93. The molecule has 1 nitrogen and oxygen atoms in total. The lowest BCUT2D eigenvalue weighted by Crippen LogP contribution is -2.08. The van der Waals surface area contributed by atoms with Gasteiger partial charge in [-0.25, -0.2) is 0 Å². The Labute approximate surface area is 73.0 Å². The number of rotatable bonds is 1. The van der Waals surface area contributed by atoms with E-state index < -0.39 is 0 Å². The summed E-state index contributed by atoms with van der Waals surface area (Å²) in [5, 5.41) is 9.47. The molecule has 0 atom stereocenters. The Hall–Kier alpha value is -0.980. The molecule has 1 heteroatoms. The van der Waals surface area contributed by atoms with Gasteiger partial charge in [-0.1, -0.05) is 18.6 Å². The van der Waals surface area contributed by atoms with Crippen LogP contribution in [0, 0.1) is 6.92 Å². The van der Waals surface area contributed by atoms with Crippen LogP contribution in [0.4, 0.5) is 0 Å². The van der Waals surface area contributed by atoms with Gasteiger partial charge in [0.25, 0.3) is 0 Å². The molecule has 12 heavy (non-hydrogen) atoms. The summed E-state index contributed by atoms with van der Waals surface area (Å²) in [6, 6.07) is 6.06. The maximum Gasteiger partial charge on any atom is 0.118 e. The molecule has 0 saturated heterocycles. The Kier molecular flexibility index (Phi) is 1.80. The topological polar surface area (TPSA) is 20.2 Å². The molecule has 0 aromatic heterocycles. The van der Waals surface area contributed by atoms with Crippen molar-refractivity contribution in [2.24, 2.45) is 0 Å². The molecule has 0 spiro atoms. The largest absolute Gasteiger partial charge is 0.508 e. The van der Waals surface area contributed by atoms with Gasteiger partial charge in [-0.05, 0) is 42.9 Å². The minimum absolute atomic E-state index is 0.444. The summed E-state index contributed by atoms with van der Waals surface area (Å²) >= 11 is 0. The van der Waals surface area contributed by atoms with Crippen molar-refractivity contribution in [2.75, 3.05) is 0 Å². The maximum atomic E-state index is 9.47. The predicted octanol–water partition coefficient (Wildman–Crippen LogP) is 2.97. The molecule has 1 aromatic rings. The average Bonchev–Trinajstić information content (AvgIpc) is 1.93. The summed E-state index contributed by atoms with van der Waals surface area (Å²) in [7, 11) is 0. The molecule has 1 aliphatic rings. The standard InChI is InChI=1S/C11H14O/c1-8-5-6-10(7-11(8)12)9-3-2-4-9/h5-7,9,12H,2-4H2,1H3. The van der Waals surface area contributed by atoms with E-state index in [1.165, 1.54) is 24.8 Å². The van der Waals surface area contributed by atoms with Crippen LogP contribution in [-0.2, 0) is 0 Å². The van der Waals surface area contributed by atoms with Gasteiger partial charge in [-0.15, -0.1) is 0 Å². The molecule has 64 valence electrons. The lowest BCUT2D eigenvalue weighted by Gasteiger charge is -2.25. The van der Waals surface area contributed by atoms with Crippen LogP contribution in [0.5, 0.6) is 5.75 Å². The van der Waals surface area contributed by atoms with Crippen LogP contribution in [0.3, 0.4) is 0 Å². The fourth-order valence-electron chi connectivity index (χ4n) is 1.62. The van der Waals surface area contributed by atoms with E-state index in [1.807, 2.05) is 19.1 Å². The van der Waals surface area contributed by atoms with Crippen LogP contribution < -0.4 is 0 Å². The first-order valence-electron chi connectivity index (χ1n) is 4.57. The predicted molar refractivity (Wildman–Crippen MR) is 49.4 cm³/mol. The summed E-state index contributed by atoms with van der Waals surface area (Å²) in [5.74, 6) is 1.16. The molecule has 0 heterocycles. The van der Waals surface area contributed by atoms with Crippen molar-refractivity contribution in [1.82, 2.24) is 0 Å². The Balaban J connectivity index is 2.27. The quantitative estimate of drug-likeness (QED) is 0.673. The van der Waals surface area contributed by atoms with Crippen molar-refractivity contribution in [2.45, 2.75) is 32.1 Å². The molecule has 0 amide bonds. The second kappa shape index (κ2) is 2.81. The molecule has 1 fully saturated rings. The fourth-order valence-corrected chi connectivity index (χ4v) is 1.62. The van der Waals surface area contributed by atoms with Gasteiger partial charge in [0.05, 0.1) is 0 Å². The number of hydrogen-bond donors (Lipinski definition) is 1. The first kappa shape index (κ1) is 7.66. The zero-order chi connectivity index (χ0) is 8.55. The Bertz CT molecular complexity index is 287. The first-order chi connectivity index (χ1) is 5.77. The van der Waals surface area contributed by atoms with E-state index >= 15 is 0 Å². The average molecular weight is 162 g/mol. The van der Waals surface area contributed by atoms with E-state index in [4.69, 9.17) is 0 Å². The van der Waals surface area contributed by atoms with Crippen LogP contribution in [0.2, 0.25) is 0 Å². The Morgan fingerprint density at radius 1 is 1.33 bits per heavy atom. The molecule has 1 aliphatic carbocycles. The van der Waals surface area contributed by atoms with Gasteiger partial charge in [0.2, 0.25) is 0 Å². The number of benzene rings is 1. The molecule has 0 unspecified atom stereocenters. The third-order valence-corrected chi connectivity index (χ3v) is 2.81. The maximum absolute atomic E-state index is 9.47. The molecule has 0 radical (unpaired) electrons. The zero-order valence-corrected chi connectivity index (χ0v) is 7.38.